The van der Waals surface area contributed by atoms with Gasteiger partial charge in [-0.1, -0.05) is 0 Å². The summed E-state index contributed by atoms with van der Waals surface area (Å²) in [6, 6.07) is 7.77. The Hall–Kier alpha value is -2.08. The second kappa shape index (κ2) is 6.13. The summed E-state index contributed by atoms with van der Waals surface area (Å²) in [5, 5.41) is 0. The minimum absolute atomic E-state index is 0.0987. The molecule has 2 aromatic rings. The van der Waals surface area contributed by atoms with Gasteiger partial charge in [-0.15, -0.1) is 0 Å². The Morgan fingerprint density at radius 1 is 1.14 bits per heavy atom. The van der Waals surface area contributed by atoms with E-state index in [-0.39, 0.29) is 12.1 Å². The summed E-state index contributed by atoms with van der Waals surface area (Å²) in [7, 11) is 1.82. The second-order valence-electron chi connectivity index (χ2n) is 4.75. The number of alkyl halides is 3. The van der Waals surface area contributed by atoms with Crippen LogP contribution < -0.4 is 10.6 Å². The number of hydrogen-bond donors (Lipinski definition) is 1. The van der Waals surface area contributed by atoms with E-state index in [1.54, 1.807) is 12.4 Å². The van der Waals surface area contributed by atoms with Crippen LogP contribution in [0.15, 0.2) is 42.7 Å². The first-order chi connectivity index (χ1) is 9.91. The van der Waals surface area contributed by atoms with Crippen molar-refractivity contribution in [2.45, 2.75) is 19.3 Å². The molecule has 3 nitrogen and oxygen atoms in total. The zero-order chi connectivity index (χ0) is 15.5. The van der Waals surface area contributed by atoms with Gasteiger partial charge in [0.15, 0.2) is 0 Å². The molecule has 0 amide bonds. The average Bonchev–Trinajstić information content (AvgIpc) is 2.46. The first-order valence-corrected chi connectivity index (χ1v) is 6.42. The SMILES string of the molecule is CN(Cc1ccncc1)c1ccc(C(F)(F)F)c(CN)c1. The van der Waals surface area contributed by atoms with E-state index in [1.807, 2.05) is 24.1 Å². The van der Waals surface area contributed by atoms with Crippen LogP contribution in [0.5, 0.6) is 0 Å². The molecule has 1 aromatic heterocycles. The van der Waals surface area contributed by atoms with Crippen LogP contribution in [-0.4, -0.2) is 12.0 Å². The molecule has 2 N–H and O–H groups in total. The predicted octanol–water partition coefficient (Wildman–Crippen LogP) is 3.20. The average molecular weight is 295 g/mol. The van der Waals surface area contributed by atoms with Crippen LogP contribution in [0.2, 0.25) is 0 Å². The van der Waals surface area contributed by atoms with Crippen LogP contribution in [0, 0.1) is 0 Å². The van der Waals surface area contributed by atoms with E-state index in [4.69, 9.17) is 5.73 Å². The lowest BCUT2D eigenvalue weighted by atomic mass is 10.1. The fourth-order valence-corrected chi connectivity index (χ4v) is 2.12. The standard InChI is InChI=1S/C15H16F3N3/c1-21(10-11-4-6-20-7-5-11)13-2-3-14(15(16,17)18)12(8-13)9-19/h2-8H,9-10,19H2,1H3. The van der Waals surface area contributed by atoms with Gasteiger partial charge in [0, 0.05) is 38.2 Å². The van der Waals surface area contributed by atoms with Gasteiger partial charge in [-0.05, 0) is 41.5 Å². The van der Waals surface area contributed by atoms with Crippen molar-refractivity contribution >= 4 is 5.69 Å². The molecule has 0 saturated heterocycles. The maximum Gasteiger partial charge on any atom is 0.416 e. The van der Waals surface area contributed by atoms with Crippen LogP contribution in [0.3, 0.4) is 0 Å². The van der Waals surface area contributed by atoms with Crippen molar-refractivity contribution in [3.05, 3.63) is 59.4 Å². The van der Waals surface area contributed by atoms with Crippen LogP contribution >= 0.6 is 0 Å². The number of nitrogens with zero attached hydrogens (tertiary/aromatic N) is 2. The molecule has 0 saturated carbocycles. The molecule has 2 rings (SSSR count). The highest BCUT2D eigenvalue weighted by Crippen LogP contribution is 2.33. The van der Waals surface area contributed by atoms with Gasteiger partial charge in [0.25, 0.3) is 0 Å². The Bertz CT molecular complexity index is 597. The summed E-state index contributed by atoms with van der Waals surface area (Å²) < 4.78 is 38.5. The highest BCUT2D eigenvalue weighted by Gasteiger charge is 2.33. The molecule has 0 fully saturated rings. The second-order valence-corrected chi connectivity index (χ2v) is 4.75. The number of halogens is 3. The summed E-state index contributed by atoms with van der Waals surface area (Å²) in [5.41, 5.74) is 6.59. The Morgan fingerprint density at radius 3 is 2.38 bits per heavy atom. The molecule has 21 heavy (non-hydrogen) atoms. The number of hydrogen-bond acceptors (Lipinski definition) is 3. The third kappa shape index (κ3) is 3.72. The van der Waals surface area contributed by atoms with Crippen molar-refractivity contribution in [2.75, 3.05) is 11.9 Å². The van der Waals surface area contributed by atoms with E-state index in [0.29, 0.717) is 12.2 Å². The smallest absolute Gasteiger partial charge is 0.370 e. The van der Waals surface area contributed by atoms with E-state index in [2.05, 4.69) is 4.98 Å². The van der Waals surface area contributed by atoms with E-state index in [1.165, 1.54) is 12.1 Å². The monoisotopic (exact) mass is 295 g/mol. The predicted molar refractivity (Wildman–Crippen MR) is 75.7 cm³/mol. The molecular formula is C15H16F3N3. The highest BCUT2D eigenvalue weighted by molar-refractivity contribution is 5.51. The van der Waals surface area contributed by atoms with Crippen molar-refractivity contribution < 1.29 is 13.2 Å². The highest BCUT2D eigenvalue weighted by atomic mass is 19.4. The number of nitrogens with two attached hydrogens (primary N) is 1. The molecule has 1 aromatic carbocycles. The van der Waals surface area contributed by atoms with Gasteiger partial charge >= 0.3 is 6.18 Å². The van der Waals surface area contributed by atoms with Gasteiger partial charge in [-0.3, -0.25) is 4.98 Å². The molecule has 0 aliphatic carbocycles. The van der Waals surface area contributed by atoms with Gasteiger partial charge in [-0.2, -0.15) is 13.2 Å². The maximum atomic E-state index is 12.8. The Morgan fingerprint density at radius 2 is 1.81 bits per heavy atom. The lowest BCUT2D eigenvalue weighted by Gasteiger charge is -2.21. The topological polar surface area (TPSA) is 42.2 Å². The molecule has 1 heterocycles. The summed E-state index contributed by atoms with van der Waals surface area (Å²) in [5.74, 6) is 0. The molecule has 6 heteroatoms. The molecule has 0 aliphatic heterocycles. The van der Waals surface area contributed by atoms with Crippen LogP contribution in [-0.2, 0) is 19.3 Å². The van der Waals surface area contributed by atoms with E-state index in [9.17, 15) is 13.2 Å². The Kier molecular flexibility index (Phi) is 4.47. The summed E-state index contributed by atoms with van der Waals surface area (Å²) in [4.78, 5) is 5.80. The van der Waals surface area contributed by atoms with Crippen molar-refractivity contribution in [3.63, 3.8) is 0 Å². The Balaban J connectivity index is 2.24. The molecular weight excluding hydrogens is 279 g/mol. The first kappa shape index (κ1) is 15.3. The van der Waals surface area contributed by atoms with Crippen LogP contribution in [0.1, 0.15) is 16.7 Å². The number of anilines is 1. The van der Waals surface area contributed by atoms with Gasteiger partial charge in [-0.25, -0.2) is 0 Å². The fourth-order valence-electron chi connectivity index (χ4n) is 2.12. The van der Waals surface area contributed by atoms with E-state index in [0.717, 1.165) is 11.6 Å². The van der Waals surface area contributed by atoms with Gasteiger partial charge < -0.3 is 10.6 Å². The number of benzene rings is 1. The quantitative estimate of drug-likeness (QED) is 0.942. The minimum atomic E-state index is -4.38. The van der Waals surface area contributed by atoms with Crippen LogP contribution in [0.4, 0.5) is 18.9 Å². The lowest BCUT2D eigenvalue weighted by Crippen LogP contribution is -2.18. The van der Waals surface area contributed by atoms with Crippen LogP contribution in [0.25, 0.3) is 0 Å². The fraction of sp³-hybridized carbons (Fsp3) is 0.267. The molecule has 112 valence electrons. The third-order valence-electron chi connectivity index (χ3n) is 3.22. The third-order valence-corrected chi connectivity index (χ3v) is 3.22. The Labute approximate surface area is 121 Å². The minimum Gasteiger partial charge on any atom is -0.370 e. The summed E-state index contributed by atoms with van der Waals surface area (Å²) in [6.07, 6.45) is -1.01. The molecule has 0 radical (unpaired) electrons. The number of pyridine rings is 1. The van der Waals surface area contributed by atoms with Gasteiger partial charge in [0.1, 0.15) is 0 Å². The van der Waals surface area contributed by atoms with Crippen molar-refractivity contribution in [1.82, 2.24) is 4.98 Å². The maximum absolute atomic E-state index is 12.8. The molecule has 0 atom stereocenters. The molecule has 0 spiro atoms. The lowest BCUT2D eigenvalue weighted by molar-refractivity contribution is -0.138. The van der Waals surface area contributed by atoms with Crippen molar-refractivity contribution in [3.8, 4) is 0 Å². The molecule has 0 unspecified atom stereocenters. The zero-order valence-electron chi connectivity index (χ0n) is 11.6. The van der Waals surface area contributed by atoms with Crippen molar-refractivity contribution in [2.24, 2.45) is 5.73 Å². The normalized spacial score (nSPS) is 11.5. The van der Waals surface area contributed by atoms with E-state index < -0.39 is 11.7 Å². The summed E-state index contributed by atoms with van der Waals surface area (Å²) >= 11 is 0. The van der Waals surface area contributed by atoms with Crippen molar-refractivity contribution in [1.29, 1.82) is 0 Å². The molecule has 0 bridgehead atoms. The van der Waals surface area contributed by atoms with Gasteiger partial charge in [0.05, 0.1) is 5.56 Å². The van der Waals surface area contributed by atoms with E-state index >= 15 is 0 Å². The molecule has 0 aliphatic rings. The van der Waals surface area contributed by atoms with Gasteiger partial charge in [0.2, 0.25) is 0 Å². The number of rotatable bonds is 4. The largest absolute Gasteiger partial charge is 0.416 e. The number of aromatic nitrogens is 1. The zero-order valence-corrected chi connectivity index (χ0v) is 11.6. The first-order valence-electron chi connectivity index (χ1n) is 6.42. The summed E-state index contributed by atoms with van der Waals surface area (Å²) in [6.45, 7) is 0.434.